The maximum atomic E-state index is 13.9. The number of aryl methyl sites for hydroxylation is 1. The summed E-state index contributed by atoms with van der Waals surface area (Å²) in [7, 11) is 0. The molecular formula is C20H14F3NO. The molecule has 2 nitrogen and oxygen atoms in total. The lowest BCUT2D eigenvalue weighted by Gasteiger charge is -2.28. The predicted octanol–water partition coefficient (Wildman–Crippen LogP) is 4.84. The summed E-state index contributed by atoms with van der Waals surface area (Å²) in [6, 6.07) is 12.6. The Morgan fingerprint density at radius 1 is 0.880 bits per heavy atom. The Hall–Kier alpha value is -2.66. The van der Waals surface area contributed by atoms with Gasteiger partial charge in [-0.25, -0.2) is 0 Å². The first-order valence-electron chi connectivity index (χ1n) is 7.79. The normalized spacial score (nSPS) is 18.8. The minimum atomic E-state index is -4.82. The second-order valence-electron chi connectivity index (χ2n) is 6.17. The third-order valence-corrected chi connectivity index (χ3v) is 4.78. The number of benzene rings is 2. The van der Waals surface area contributed by atoms with E-state index in [2.05, 4.69) is 4.98 Å². The van der Waals surface area contributed by atoms with Gasteiger partial charge < -0.3 is 5.11 Å². The first-order chi connectivity index (χ1) is 11.9. The fraction of sp³-hybridized carbons (Fsp3) is 0.150. The van der Waals surface area contributed by atoms with Crippen molar-refractivity contribution < 1.29 is 18.3 Å². The van der Waals surface area contributed by atoms with E-state index in [4.69, 9.17) is 0 Å². The molecule has 4 rings (SSSR count). The van der Waals surface area contributed by atoms with Crippen molar-refractivity contribution in [3.05, 3.63) is 77.6 Å². The van der Waals surface area contributed by atoms with Gasteiger partial charge in [-0.1, -0.05) is 42.5 Å². The Labute approximate surface area is 142 Å². The average molecular weight is 341 g/mol. The Kier molecular flexibility index (Phi) is 3.27. The standard InChI is InChI=1S/C20H14F3NO/c1-12-9-10-24-11-15(12)13-6-4-8-17-18(13)14-5-2-3-7-16(14)19(17,25)20(21,22)23/h2-11,25H,1H3. The van der Waals surface area contributed by atoms with E-state index in [0.29, 0.717) is 16.7 Å². The first-order valence-corrected chi connectivity index (χ1v) is 7.79. The Morgan fingerprint density at radius 3 is 2.28 bits per heavy atom. The van der Waals surface area contributed by atoms with E-state index < -0.39 is 11.8 Å². The maximum Gasteiger partial charge on any atom is 0.425 e. The van der Waals surface area contributed by atoms with Crippen LogP contribution in [0.4, 0.5) is 13.2 Å². The van der Waals surface area contributed by atoms with Gasteiger partial charge in [-0.2, -0.15) is 13.2 Å². The highest BCUT2D eigenvalue weighted by atomic mass is 19.4. The van der Waals surface area contributed by atoms with E-state index in [-0.39, 0.29) is 11.1 Å². The van der Waals surface area contributed by atoms with Gasteiger partial charge in [0, 0.05) is 29.1 Å². The number of hydrogen-bond acceptors (Lipinski definition) is 2. The van der Waals surface area contributed by atoms with Crippen LogP contribution in [0.25, 0.3) is 22.3 Å². The van der Waals surface area contributed by atoms with Gasteiger partial charge in [-0.3, -0.25) is 4.98 Å². The summed E-state index contributed by atoms with van der Waals surface area (Å²) in [5, 5.41) is 10.7. The molecule has 1 aliphatic rings. The number of aliphatic hydroxyl groups is 1. The van der Waals surface area contributed by atoms with Gasteiger partial charge in [-0.15, -0.1) is 0 Å². The zero-order valence-corrected chi connectivity index (χ0v) is 13.3. The molecule has 0 fully saturated rings. The Balaban J connectivity index is 2.12. The van der Waals surface area contributed by atoms with Crippen molar-refractivity contribution in [1.82, 2.24) is 4.98 Å². The monoisotopic (exact) mass is 341 g/mol. The minimum absolute atomic E-state index is 0.133. The van der Waals surface area contributed by atoms with Crippen LogP contribution in [0.3, 0.4) is 0 Å². The van der Waals surface area contributed by atoms with Crippen LogP contribution in [0, 0.1) is 6.92 Å². The highest BCUT2D eigenvalue weighted by Crippen LogP contribution is 2.57. The molecule has 25 heavy (non-hydrogen) atoms. The summed E-state index contributed by atoms with van der Waals surface area (Å²) in [4.78, 5) is 4.10. The molecule has 126 valence electrons. The summed E-state index contributed by atoms with van der Waals surface area (Å²) < 4.78 is 41.6. The second kappa shape index (κ2) is 5.17. The van der Waals surface area contributed by atoms with Crippen molar-refractivity contribution in [1.29, 1.82) is 0 Å². The second-order valence-corrected chi connectivity index (χ2v) is 6.17. The molecule has 2 aromatic carbocycles. The van der Waals surface area contributed by atoms with Gasteiger partial charge in [0.15, 0.2) is 0 Å². The number of rotatable bonds is 1. The molecular weight excluding hydrogens is 327 g/mol. The molecule has 0 saturated carbocycles. The molecule has 1 unspecified atom stereocenters. The lowest BCUT2D eigenvalue weighted by atomic mass is 9.89. The quantitative estimate of drug-likeness (QED) is 0.687. The topological polar surface area (TPSA) is 33.1 Å². The van der Waals surface area contributed by atoms with E-state index in [9.17, 15) is 18.3 Å². The van der Waals surface area contributed by atoms with Gasteiger partial charge in [0.05, 0.1) is 0 Å². The van der Waals surface area contributed by atoms with E-state index in [1.807, 2.05) is 13.0 Å². The van der Waals surface area contributed by atoms with Crippen LogP contribution in [0.2, 0.25) is 0 Å². The molecule has 0 bridgehead atoms. The molecule has 0 amide bonds. The smallest absolute Gasteiger partial charge is 0.372 e. The molecule has 1 heterocycles. The summed E-state index contributed by atoms with van der Waals surface area (Å²) in [6.07, 6.45) is -1.54. The fourth-order valence-electron chi connectivity index (χ4n) is 3.58. The average Bonchev–Trinajstić information content (AvgIpc) is 2.86. The first kappa shape index (κ1) is 15.8. The van der Waals surface area contributed by atoms with Crippen LogP contribution in [-0.2, 0) is 5.60 Å². The number of halogens is 3. The number of fused-ring (bicyclic) bond motifs is 3. The largest absolute Gasteiger partial charge is 0.425 e. The summed E-state index contributed by atoms with van der Waals surface area (Å²) in [5.74, 6) is 0. The number of pyridine rings is 1. The maximum absolute atomic E-state index is 13.9. The van der Waals surface area contributed by atoms with Crippen LogP contribution in [0.5, 0.6) is 0 Å². The zero-order valence-electron chi connectivity index (χ0n) is 13.3. The SMILES string of the molecule is Cc1ccncc1-c1cccc2c1-c1ccccc1C2(O)C(F)(F)F. The summed E-state index contributed by atoms with van der Waals surface area (Å²) >= 11 is 0. The number of nitrogens with zero attached hydrogens (tertiary/aromatic N) is 1. The highest BCUT2D eigenvalue weighted by Gasteiger charge is 2.61. The molecule has 1 N–H and O–H groups in total. The zero-order chi connectivity index (χ0) is 17.8. The van der Waals surface area contributed by atoms with Crippen LogP contribution < -0.4 is 0 Å². The number of alkyl halides is 3. The van der Waals surface area contributed by atoms with Crippen molar-refractivity contribution >= 4 is 0 Å². The fourth-order valence-corrected chi connectivity index (χ4v) is 3.58. The van der Waals surface area contributed by atoms with Gasteiger partial charge >= 0.3 is 6.18 Å². The van der Waals surface area contributed by atoms with Crippen molar-refractivity contribution in [2.24, 2.45) is 0 Å². The minimum Gasteiger partial charge on any atom is -0.372 e. The number of hydrogen-bond donors (Lipinski definition) is 1. The lowest BCUT2D eigenvalue weighted by molar-refractivity contribution is -0.246. The molecule has 1 atom stereocenters. The van der Waals surface area contributed by atoms with Crippen molar-refractivity contribution in [3.63, 3.8) is 0 Å². The summed E-state index contributed by atoms with van der Waals surface area (Å²) in [5.41, 5.74) is -0.177. The van der Waals surface area contributed by atoms with Gasteiger partial charge in [-0.05, 0) is 35.2 Å². The Morgan fingerprint density at radius 2 is 1.56 bits per heavy atom. The molecule has 3 aromatic rings. The van der Waals surface area contributed by atoms with Crippen LogP contribution in [0.15, 0.2) is 60.9 Å². The van der Waals surface area contributed by atoms with Crippen LogP contribution in [0.1, 0.15) is 16.7 Å². The van der Waals surface area contributed by atoms with Gasteiger partial charge in [0.1, 0.15) is 0 Å². The molecule has 1 aliphatic carbocycles. The lowest BCUT2D eigenvalue weighted by Crippen LogP contribution is -2.41. The third kappa shape index (κ3) is 2.05. The van der Waals surface area contributed by atoms with Crippen molar-refractivity contribution in [2.75, 3.05) is 0 Å². The van der Waals surface area contributed by atoms with Crippen LogP contribution in [-0.4, -0.2) is 16.3 Å². The molecule has 1 aromatic heterocycles. The molecule has 5 heteroatoms. The molecule has 0 spiro atoms. The third-order valence-electron chi connectivity index (χ3n) is 4.78. The van der Waals surface area contributed by atoms with E-state index in [1.165, 1.54) is 18.2 Å². The van der Waals surface area contributed by atoms with E-state index in [1.54, 1.807) is 36.7 Å². The van der Waals surface area contributed by atoms with Gasteiger partial charge in [0.2, 0.25) is 5.60 Å². The molecule has 0 saturated heterocycles. The molecule has 0 aliphatic heterocycles. The summed E-state index contributed by atoms with van der Waals surface area (Å²) in [6.45, 7) is 1.88. The van der Waals surface area contributed by atoms with Gasteiger partial charge in [0.25, 0.3) is 0 Å². The highest BCUT2D eigenvalue weighted by molar-refractivity contribution is 5.92. The van der Waals surface area contributed by atoms with E-state index in [0.717, 1.165) is 11.1 Å². The van der Waals surface area contributed by atoms with Crippen molar-refractivity contribution in [3.8, 4) is 22.3 Å². The molecule has 0 radical (unpaired) electrons. The van der Waals surface area contributed by atoms with E-state index >= 15 is 0 Å². The van der Waals surface area contributed by atoms with Crippen molar-refractivity contribution in [2.45, 2.75) is 18.7 Å². The number of aromatic nitrogens is 1. The Bertz CT molecular complexity index is 981. The van der Waals surface area contributed by atoms with Crippen LogP contribution >= 0.6 is 0 Å². The predicted molar refractivity (Wildman–Crippen MR) is 88.9 cm³/mol.